The van der Waals surface area contributed by atoms with Gasteiger partial charge < -0.3 is 5.32 Å². The second kappa shape index (κ2) is 8.54. The maximum atomic E-state index is 13.2. The Labute approximate surface area is 184 Å². The van der Waals surface area contributed by atoms with Gasteiger partial charge in [-0.3, -0.25) is 4.79 Å². The lowest BCUT2D eigenvalue weighted by Gasteiger charge is -2.19. The van der Waals surface area contributed by atoms with E-state index in [1.165, 1.54) is 6.07 Å². The van der Waals surface area contributed by atoms with Gasteiger partial charge in [0, 0.05) is 5.69 Å². The van der Waals surface area contributed by atoms with E-state index >= 15 is 0 Å². The van der Waals surface area contributed by atoms with E-state index in [2.05, 4.69) is 18.8 Å². The SMILES string of the molecule is Cc1ccc(NC(=O)[C@@H](NS(=O)(=O)c2cccc3nsnc23)c2ccccc2)cc1C. The Bertz CT molecular complexity index is 1350. The van der Waals surface area contributed by atoms with Crippen molar-refractivity contribution in [2.24, 2.45) is 0 Å². The second-order valence-electron chi connectivity index (χ2n) is 7.14. The van der Waals surface area contributed by atoms with Crippen molar-refractivity contribution in [1.82, 2.24) is 13.5 Å². The van der Waals surface area contributed by atoms with Gasteiger partial charge in [-0.2, -0.15) is 13.5 Å². The maximum Gasteiger partial charge on any atom is 0.247 e. The predicted octanol–water partition coefficient (Wildman–Crippen LogP) is 3.97. The van der Waals surface area contributed by atoms with E-state index in [1.54, 1.807) is 48.5 Å². The van der Waals surface area contributed by atoms with Crippen LogP contribution < -0.4 is 10.0 Å². The molecule has 0 aliphatic carbocycles. The average Bonchev–Trinajstić information content (AvgIpc) is 3.24. The number of rotatable bonds is 6. The fourth-order valence-electron chi connectivity index (χ4n) is 3.17. The smallest absolute Gasteiger partial charge is 0.247 e. The van der Waals surface area contributed by atoms with Gasteiger partial charge in [0.1, 0.15) is 22.0 Å². The quantitative estimate of drug-likeness (QED) is 0.461. The molecule has 0 aliphatic heterocycles. The van der Waals surface area contributed by atoms with E-state index in [4.69, 9.17) is 0 Å². The molecule has 1 heterocycles. The van der Waals surface area contributed by atoms with E-state index < -0.39 is 22.0 Å². The van der Waals surface area contributed by atoms with Crippen LogP contribution in [-0.2, 0) is 14.8 Å². The Morgan fingerprint density at radius 1 is 0.935 bits per heavy atom. The third kappa shape index (κ3) is 4.48. The van der Waals surface area contributed by atoms with Crippen LogP contribution >= 0.6 is 11.7 Å². The zero-order chi connectivity index (χ0) is 22.0. The third-order valence-corrected chi connectivity index (χ3v) is 6.98. The Morgan fingerprint density at radius 2 is 1.71 bits per heavy atom. The molecule has 1 amide bonds. The minimum Gasteiger partial charge on any atom is -0.324 e. The standard InChI is InChI=1S/C22H20N4O3S2/c1-14-11-12-17(13-15(14)2)23-22(27)20(16-7-4-3-5-8-16)26-31(28,29)19-10-6-9-18-21(19)25-30-24-18/h3-13,20,26H,1-2H3,(H,23,27)/t20-/m0/s1. The first-order chi connectivity index (χ1) is 14.8. The van der Waals surface area contributed by atoms with Crippen molar-refractivity contribution in [2.75, 3.05) is 5.32 Å². The minimum atomic E-state index is -4.06. The van der Waals surface area contributed by atoms with Crippen LogP contribution in [-0.4, -0.2) is 23.1 Å². The van der Waals surface area contributed by atoms with Crippen LogP contribution in [0.4, 0.5) is 5.69 Å². The molecule has 1 atom stereocenters. The minimum absolute atomic E-state index is 0.0151. The van der Waals surface area contributed by atoms with Gasteiger partial charge in [0.25, 0.3) is 0 Å². The van der Waals surface area contributed by atoms with Crippen molar-refractivity contribution in [2.45, 2.75) is 24.8 Å². The molecule has 0 aliphatic rings. The monoisotopic (exact) mass is 452 g/mol. The molecule has 7 nitrogen and oxygen atoms in total. The molecule has 9 heteroatoms. The van der Waals surface area contributed by atoms with E-state index in [-0.39, 0.29) is 10.4 Å². The molecule has 3 aromatic carbocycles. The van der Waals surface area contributed by atoms with Gasteiger partial charge in [-0.05, 0) is 54.8 Å². The number of nitrogens with zero attached hydrogens (tertiary/aromatic N) is 2. The molecule has 4 aromatic rings. The molecule has 31 heavy (non-hydrogen) atoms. The van der Waals surface area contributed by atoms with Gasteiger partial charge in [-0.25, -0.2) is 8.42 Å². The highest BCUT2D eigenvalue weighted by Crippen LogP contribution is 2.25. The molecule has 0 bridgehead atoms. The molecule has 0 saturated carbocycles. The van der Waals surface area contributed by atoms with E-state index in [0.717, 1.165) is 22.9 Å². The number of carbonyl (C=O) groups excluding carboxylic acids is 1. The molecule has 2 N–H and O–H groups in total. The summed E-state index contributed by atoms with van der Waals surface area (Å²) in [4.78, 5) is 13.2. The van der Waals surface area contributed by atoms with Gasteiger partial charge in [0.2, 0.25) is 15.9 Å². The number of sulfonamides is 1. The van der Waals surface area contributed by atoms with Crippen LogP contribution in [0.2, 0.25) is 0 Å². The Hall–Kier alpha value is -3.14. The molecular formula is C22H20N4O3S2. The number of aryl methyl sites for hydroxylation is 2. The zero-order valence-corrected chi connectivity index (χ0v) is 18.5. The van der Waals surface area contributed by atoms with E-state index in [1.807, 2.05) is 26.0 Å². The lowest BCUT2D eigenvalue weighted by Crippen LogP contribution is -2.37. The summed E-state index contributed by atoms with van der Waals surface area (Å²) in [6, 6.07) is 17.9. The number of nitrogens with one attached hydrogen (secondary N) is 2. The summed E-state index contributed by atoms with van der Waals surface area (Å²) < 4.78 is 37.2. The second-order valence-corrected chi connectivity index (χ2v) is 9.35. The van der Waals surface area contributed by atoms with E-state index in [9.17, 15) is 13.2 Å². The summed E-state index contributed by atoms with van der Waals surface area (Å²) in [5.74, 6) is -0.485. The van der Waals surface area contributed by atoms with Crippen LogP contribution in [0.3, 0.4) is 0 Å². The Kier molecular flexibility index (Phi) is 5.81. The lowest BCUT2D eigenvalue weighted by molar-refractivity contribution is -0.117. The molecule has 0 saturated heterocycles. The first kappa shape index (κ1) is 21.1. The molecule has 0 unspecified atom stereocenters. The van der Waals surface area contributed by atoms with Gasteiger partial charge in [-0.1, -0.05) is 42.5 Å². The Morgan fingerprint density at radius 3 is 2.45 bits per heavy atom. The van der Waals surface area contributed by atoms with Crippen molar-refractivity contribution in [3.8, 4) is 0 Å². The van der Waals surface area contributed by atoms with Crippen molar-refractivity contribution >= 4 is 44.4 Å². The normalized spacial score (nSPS) is 12.6. The topological polar surface area (TPSA) is 101 Å². The highest BCUT2D eigenvalue weighted by Gasteiger charge is 2.29. The molecular weight excluding hydrogens is 432 g/mol. The number of carbonyl (C=O) groups is 1. The highest BCUT2D eigenvalue weighted by molar-refractivity contribution is 7.89. The summed E-state index contributed by atoms with van der Waals surface area (Å²) in [6.07, 6.45) is 0. The summed E-state index contributed by atoms with van der Waals surface area (Å²) in [5, 5.41) is 2.82. The molecule has 4 rings (SSSR count). The summed E-state index contributed by atoms with van der Waals surface area (Å²) in [7, 11) is -4.06. The van der Waals surface area contributed by atoms with Crippen molar-refractivity contribution in [1.29, 1.82) is 0 Å². The van der Waals surface area contributed by atoms with Crippen LogP contribution in [0.1, 0.15) is 22.7 Å². The molecule has 0 radical (unpaired) electrons. The summed E-state index contributed by atoms with van der Waals surface area (Å²) in [6.45, 7) is 3.93. The summed E-state index contributed by atoms with van der Waals surface area (Å²) in [5.41, 5.74) is 4.01. The average molecular weight is 453 g/mol. The largest absolute Gasteiger partial charge is 0.324 e. The number of hydrogen-bond acceptors (Lipinski definition) is 6. The highest BCUT2D eigenvalue weighted by atomic mass is 32.2. The number of fused-ring (bicyclic) bond motifs is 1. The first-order valence-electron chi connectivity index (χ1n) is 9.52. The van der Waals surface area contributed by atoms with Crippen LogP contribution in [0.5, 0.6) is 0 Å². The zero-order valence-electron chi connectivity index (χ0n) is 16.9. The van der Waals surface area contributed by atoms with Gasteiger partial charge in [0.15, 0.2) is 0 Å². The van der Waals surface area contributed by atoms with Gasteiger partial charge >= 0.3 is 0 Å². The molecule has 0 fully saturated rings. The number of anilines is 1. The van der Waals surface area contributed by atoms with Crippen LogP contribution in [0, 0.1) is 13.8 Å². The molecule has 0 spiro atoms. The number of hydrogen-bond donors (Lipinski definition) is 2. The van der Waals surface area contributed by atoms with Crippen LogP contribution in [0.15, 0.2) is 71.6 Å². The fourth-order valence-corrected chi connectivity index (χ4v) is 5.12. The van der Waals surface area contributed by atoms with Crippen molar-refractivity contribution < 1.29 is 13.2 Å². The van der Waals surface area contributed by atoms with E-state index in [0.29, 0.717) is 16.8 Å². The number of aromatic nitrogens is 2. The van der Waals surface area contributed by atoms with Crippen molar-refractivity contribution in [3.63, 3.8) is 0 Å². The predicted molar refractivity (Wildman–Crippen MR) is 121 cm³/mol. The number of benzene rings is 3. The molecule has 158 valence electrons. The van der Waals surface area contributed by atoms with Gasteiger partial charge in [0.05, 0.1) is 11.7 Å². The first-order valence-corrected chi connectivity index (χ1v) is 11.7. The molecule has 1 aromatic heterocycles. The third-order valence-electron chi connectivity index (χ3n) is 4.98. The maximum absolute atomic E-state index is 13.2. The number of amides is 1. The van der Waals surface area contributed by atoms with Crippen molar-refractivity contribution in [3.05, 3.63) is 83.4 Å². The van der Waals surface area contributed by atoms with Gasteiger partial charge in [-0.15, -0.1) is 0 Å². The lowest BCUT2D eigenvalue weighted by atomic mass is 10.1. The fraction of sp³-hybridized carbons (Fsp3) is 0.136. The summed E-state index contributed by atoms with van der Waals surface area (Å²) >= 11 is 0.937. The van der Waals surface area contributed by atoms with Crippen LogP contribution in [0.25, 0.3) is 11.0 Å². The Balaban J connectivity index is 1.69.